The highest BCUT2D eigenvalue weighted by molar-refractivity contribution is 5.87. The summed E-state index contributed by atoms with van der Waals surface area (Å²) in [6.45, 7) is 5.30. The van der Waals surface area contributed by atoms with Gasteiger partial charge < -0.3 is 9.47 Å². The van der Waals surface area contributed by atoms with Crippen molar-refractivity contribution in [2.75, 3.05) is 6.61 Å². The summed E-state index contributed by atoms with van der Waals surface area (Å²) in [6, 6.07) is 0. The van der Waals surface area contributed by atoms with Gasteiger partial charge in [0.05, 0.1) is 5.92 Å². The Labute approximate surface area is 113 Å². The molecule has 4 nitrogen and oxygen atoms in total. The molecule has 0 N–H and O–H groups in total. The molecular formula is C15H20O4. The third kappa shape index (κ3) is 2.07. The summed E-state index contributed by atoms with van der Waals surface area (Å²) in [7, 11) is 0. The molecule has 5 unspecified atom stereocenters. The summed E-state index contributed by atoms with van der Waals surface area (Å²) in [5.74, 6) is 0.617. The van der Waals surface area contributed by atoms with Crippen LogP contribution in [0.4, 0.5) is 0 Å². The van der Waals surface area contributed by atoms with Crippen molar-refractivity contribution in [1.82, 2.24) is 0 Å². The number of rotatable bonds is 3. The average Bonchev–Trinajstić information content (AvgIpc) is 2.93. The Morgan fingerprint density at radius 2 is 2.11 bits per heavy atom. The number of esters is 2. The van der Waals surface area contributed by atoms with Crippen molar-refractivity contribution in [3.05, 3.63) is 12.2 Å². The summed E-state index contributed by atoms with van der Waals surface area (Å²) in [5.41, 5.74) is 0.368. The van der Waals surface area contributed by atoms with E-state index in [1.54, 1.807) is 6.92 Å². The van der Waals surface area contributed by atoms with Crippen LogP contribution < -0.4 is 0 Å². The van der Waals surface area contributed by atoms with E-state index in [0.717, 1.165) is 6.42 Å². The van der Waals surface area contributed by atoms with Crippen molar-refractivity contribution < 1.29 is 19.1 Å². The standard InChI is InChI=1S/C15H20O4/c1-8(2)14(16)18-7-12-11-6-13(19-15(12)17)10-5-3-4-9(10)11/h9-13H,1,3-7H2,2H3. The number of carbonyl (C=O) groups excluding carboxylic acids is 2. The van der Waals surface area contributed by atoms with E-state index >= 15 is 0 Å². The molecule has 4 heteroatoms. The first-order valence-corrected chi connectivity index (χ1v) is 7.11. The number of carbonyl (C=O) groups is 2. The Balaban J connectivity index is 1.69. The highest BCUT2D eigenvalue weighted by Crippen LogP contribution is 2.54. The smallest absolute Gasteiger partial charge is 0.333 e. The number of ether oxygens (including phenoxy) is 2. The van der Waals surface area contributed by atoms with Gasteiger partial charge in [0.1, 0.15) is 12.7 Å². The van der Waals surface area contributed by atoms with Crippen LogP contribution in [-0.2, 0) is 19.1 Å². The van der Waals surface area contributed by atoms with Gasteiger partial charge in [0.15, 0.2) is 0 Å². The first kappa shape index (κ1) is 12.7. The summed E-state index contributed by atoms with van der Waals surface area (Å²) < 4.78 is 10.7. The molecule has 3 fully saturated rings. The van der Waals surface area contributed by atoms with Gasteiger partial charge in [-0.25, -0.2) is 4.79 Å². The molecule has 0 radical (unpaired) electrons. The maximum Gasteiger partial charge on any atom is 0.333 e. The fraction of sp³-hybridized carbons (Fsp3) is 0.733. The molecule has 3 rings (SSSR count). The van der Waals surface area contributed by atoms with E-state index < -0.39 is 5.97 Å². The van der Waals surface area contributed by atoms with Crippen LogP contribution in [-0.4, -0.2) is 24.6 Å². The minimum absolute atomic E-state index is 0.123. The number of hydrogen-bond acceptors (Lipinski definition) is 4. The van der Waals surface area contributed by atoms with Crippen LogP contribution in [0.1, 0.15) is 32.6 Å². The second kappa shape index (κ2) is 4.66. The molecular weight excluding hydrogens is 244 g/mol. The van der Waals surface area contributed by atoms with Crippen LogP contribution in [0.15, 0.2) is 12.2 Å². The molecule has 0 aromatic carbocycles. The minimum Gasteiger partial charge on any atom is -0.462 e. The summed E-state index contributed by atoms with van der Waals surface area (Å²) in [5, 5.41) is 0. The van der Waals surface area contributed by atoms with Crippen molar-refractivity contribution in [1.29, 1.82) is 0 Å². The zero-order chi connectivity index (χ0) is 13.6. The van der Waals surface area contributed by atoms with Crippen LogP contribution in [0.25, 0.3) is 0 Å². The second-order valence-corrected chi connectivity index (χ2v) is 6.12. The molecule has 2 aliphatic carbocycles. The molecule has 0 amide bonds. The first-order valence-electron chi connectivity index (χ1n) is 7.11. The summed E-state index contributed by atoms with van der Waals surface area (Å²) in [6.07, 6.45) is 4.68. The third-order valence-electron chi connectivity index (χ3n) is 4.99. The summed E-state index contributed by atoms with van der Waals surface area (Å²) >= 11 is 0. The second-order valence-electron chi connectivity index (χ2n) is 6.12. The van der Waals surface area contributed by atoms with Crippen molar-refractivity contribution in [2.45, 2.75) is 38.7 Å². The Bertz CT molecular complexity index is 428. The SMILES string of the molecule is C=C(C)C(=O)OCC1C(=O)OC2CC1C1CCCC21. The van der Waals surface area contributed by atoms with Crippen LogP contribution >= 0.6 is 0 Å². The molecule has 1 aliphatic heterocycles. The van der Waals surface area contributed by atoms with Crippen molar-refractivity contribution in [2.24, 2.45) is 23.7 Å². The molecule has 104 valence electrons. The maximum absolute atomic E-state index is 12.0. The van der Waals surface area contributed by atoms with Gasteiger partial charge in [-0.3, -0.25) is 4.79 Å². The van der Waals surface area contributed by atoms with Crippen LogP contribution in [0.3, 0.4) is 0 Å². The zero-order valence-corrected chi connectivity index (χ0v) is 11.3. The lowest BCUT2D eigenvalue weighted by Gasteiger charge is -2.29. The van der Waals surface area contributed by atoms with Crippen LogP contribution in [0.2, 0.25) is 0 Å². The molecule has 5 atom stereocenters. The van der Waals surface area contributed by atoms with E-state index in [2.05, 4.69) is 6.58 Å². The lowest BCUT2D eigenvalue weighted by Crippen LogP contribution is -2.37. The highest BCUT2D eigenvalue weighted by Gasteiger charge is 2.55. The Hall–Kier alpha value is -1.32. The molecule has 1 heterocycles. The molecule has 19 heavy (non-hydrogen) atoms. The van der Waals surface area contributed by atoms with Crippen LogP contribution in [0, 0.1) is 23.7 Å². The molecule has 3 aliphatic rings. The molecule has 2 saturated carbocycles. The highest BCUT2D eigenvalue weighted by atomic mass is 16.6. The Morgan fingerprint density at radius 3 is 2.84 bits per heavy atom. The van der Waals surface area contributed by atoms with E-state index in [0.29, 0.717) is 23.3 Å². The van der Waals surface area contributed by atoms with E-state index in [9.17, 15) is 9.59 Å². The molecule has 0 aromatic heterocycles. The van der Waals surface area contributed by atoms with Crippen molar-refractivity contribution in [3.63, 3.8) is 0 Å². The van der Waals surface area contributed by atoms with E-state index in [4.69, 9.17) is 9.47 Å². The Morgan fingerprint density at radius 1 is 1.37 bits per heavy atom. The normalized spacial score (nSPS) is 39.6. The van der Waals surface area contributed by atoms with Gasteiger partial charge in [-0.1, -0.05) is 13.0 Å². The first-order chi connectivity index (χ1) is 9.08. The van der Waals surface area contributed by atoms with E-state index in [-0.39, 0.29) is 24.6 Å². The average molecular weight is 264 g/mol. The van der Waals surface area contributed by atoms with E-state index in [1.807, 2.05) is 0 Å². The lowest BCUT2D eigenvalue weighted by molar-refractivity contribution is -0.166. The van der Waals surface area contributed by atoms with Gasteiger partial charge in [0.2, 0.25) is 0 Å². The quantitative estimate of drug-likeness (QED) is 0.578. The van der Waals surface area contributed by atoms with Crippen molar-refractivity contribution in [3.8, 4) is 0 Å². The lowest BCUT2D eigenvalue weighted by atomic mass is 9.82. The Kier molecular flexibility index (Phi) is 3.11. The van der Waals surface area contributed by atoms with Gasteiger partial charge >= 0.3 is 11.9 Å². The van der Waals surface area contributed by atoms with E-state index in [1.165, 1.54) is 19.3 Å². The predicted molar refractivity (Wildman–Crippen MR) is 68.1 cm³/mol. The van der Waals surface area contributed by atoms with Gasteiger partial charge in [-0.05, 0) is 43.9 Å². The van der Waals surface area contributed by atoms with Gasteiger partial charge in [-0.2, -0.15) is 0 Å². The minimum atomic E-state index is -0.420. The van der Waals surface area contributed by atoms with Gasteiger partial charge in [0, 0.05) is 5.57 Å². The number of fused-ring (bicyclic) bond motifs is 5. The van der Waals surface area contributed by atoms with Crippen molar-refractivity contribution >= 4 is 11.9 Å². The molecule has 1 saturated heterocycles. The largest absolute Gasteiger partial charge is 0.462 e. The summed E-state index contributed by atoms with van der Waals surface area (Å²) in [4.78, 5) is 23.5. The molecule has 0 spiro atoms. The fourth-order valence-corrected chi connectivity index (χ4v) is 4.12. The zero-order valence-electron chi connectivity index (χ0n) is 11.3. The van der Waals surface area contributed by atoms with Crippen LogP contribution in [0.5, 0.6) is 0 Å². The third-order valence-corrected chi connectivity index (χ3v) is 4.99. The maximum atomic E-state index is 12.0. The molecule has 0 aromatic rings. The fourth-order valence-electron chi connectivity index (χ4n) is 4.12. The monoisotopic (exact) mass is 264 g/mol. The topological polar surface area (TPSA) is 52.6 Å². The molecule has 2 bridgehead atoms. The van der Waals surface area contributed by atoms with Gasteiger partial charge in [0.25, 0.3) is 0 Å². The predicted octanol–water partition coefficient (Wildman–Crippen LogP) is 2.08. The number of hydrogen-bond donors (Lipinski definition) is 0. The van der Waals surface area contributed by atoms with Gasteiger partial charge in [-0.15, -0.1) is 0 Å².